The van der Waals surface area contributed by atoms with E-state index in [1.165, 1.54) is 5.56 Å². The predicted octanol–water partition coefficient (Wildman–Crippen LogP) is 3.82. The molecule has 0 spiro atoms. The van der Waals surface area contributed by atoms with Gasteiger partial charge in [0.15, 0.2) is 0 Å². The smallest absolute Gasteiger partial charge is 0.272 e. The molecule has 0 bridgehead atoms. The number of aromatic nitrogens is 1. The lowest BCUT2D eigenvalue weighted by molar-refractivity contribution is 0.0779. The summed E-state index contributed by atoms with van der Waals surface area (Å²) < 4.78 is 5.21. The number of ether oxygens (including phenoxy) is 1. The zero-order valence-corrected chi connectivity index (χ0v) is 14.1. The molecule has 0 fully saturated rings. The Labute approximate surface area is 141 Å². The van der Waals surface area contributed by atoms with E-state index in [0.717, 1.165) is 22.2 Å². The van der Waals surface area contributed by atoms with Gasteiger partial charge in [-0.1, -0.05) is 30.3 Å². The van der Waals surface area contributed by atoms with Crippen molar-refractivity contribution in [3.05, 3.63) is 71.4 Å². The van der Waals surface area contributed by atoms with Crippen molar-refractivity contribution >= 4 is 16.8 Å². The van der Waals surface area contributed by atoms with Crippen LogP contribution in [0, 0.1) is 6.92 Å². The number of aryl methyl sites for hydroxylation is 1. The lowest BCUT2D eigenvalue weighted by Crippen LogP contribution is -2.27. The van der Waals surface area contributed by atoms with Crippen LogP contribution in [0.2, 0.25) is 0 Å². The van der Waals surface area contributed by atoms with E-state index < -0.39 is 0 Å². The first-order valence-electron chi connectivity index (χ1n) is 7.83. The molecule has 0 unspecified atom stereocenters. The van der Waals surface area contributed by atoms with Gasteiger partial charge in [-0.2, -0.15) is 0 Å². The zero-order chi connectivity index (χ0) is 17.1. The van der Waals surface area contributed by atoms with Crippen molar-refractivity contribution in [3.8, 4) is 5.75 Å². The third-order valence-corrected chi connectivity index (χ3v) is 4.13. The van der Waals surface area contributed by atoms with Gasteiger partial charge in [0.05, 0.1) is 12.6 Å². The molecule has 3 rings (SSSR count). The van der Waals surface area contributed by atoms with Crippen LogP contribution in [0.4, 0.5) is 0 Å². The molecule has 0 radical (unpaired) electrons. The van der Waals surface area contributed by atoms with Crippen LogP contribution in [0.25, 0.3) is 10.9 Å². The minimum atomic E-state index is -0.0871. The van der Waals surface area contributed by atoms with Crippen molar-refractivity contribution in [2.75, 3.05) is 14.2 Å². The Kier molecular flexibility index (Phi) is 4.47. The third kappa shape index (κ3) is 3.23. The zero-order valence-electron chi connectivity index (χ0n) is 14.1. The quantitative estimate of drug-likeness (QED) is 0.734. The van der Waals surface area contributed by atoms with Crippen LogP contribution in [-0.2, 0) is 6.54 Å². The molecule has 2 aromatic carbocycles. The molecule has 4 heteroatoms. The van der Waals surface area contributed by atoms with Crippen LogP contribution in [-0.4, -0.2) is 29.9 Å². The Morgan fingerprint density at radius 1 is 1.12 bits per heavy atom. The van der Waals surface area contributed by atoms with Gasteiger partial charge in [0, 0.05) is 19.0 Å². The van der Waals surface area contributed by atoms with Gasteiger partial charge in [0.2, 0.25) is 0 Å². The van der Waals surface area contributed by atoms with Crippen LogP contribution >= 0.6 is 0 Å². The monoisotopic (exact) mass is 320 g/mol. The second kappa shape index (κ2) is 6.71. The molecule has 0 atom stereocenters. The van der Waals surface area contributed by atoms with Crippen LogP contribution in [0.3, 0.4) is 0 Å². The summed E-state index contributed by atoms with van der Waals surface area (Å²) >= 11 is 0. The van der Waals surface area contributed by atoms with E-state index in [0.29, 0.717) is 12.2 Å². The first-order chi connectivity index (χ1) is 11.6. The molecule has 1 amide bonds. The van der Waals surface area contributed by atoms with Gasteiger partial charge in [0.1, 0.15) is 11.4 Å². The summed E-state index contributed by atoms with van der Waals surface area (Å²) in [6.45, 7) is 2.61. The second-order valence-electron chi connectivity index (χ2n) is 5.84. The molecule has 0 saturated carbocycles. The molecule has 24 heavy (non-hydrogen) atoms. The van der Waals surface area contributed by atoms with Crippen LogP contribution in [0.15, 0.2) is 54.6 Å². The number of carbonyl (C=O) groups excluding carboxylic acids is 1. The molecule has 0 aliphatic carbocycles. The van der Waals surface area contributed by atoms with E-state index in [4.69, 9.17) is 4.74 Å². The fourth-order valence-corrected chi connectivity index (χ4v) is 2.66. The number of hydrogen-bond donors (Lipinski definition) is 0. The Morgan fingerprint density at radius 3 is 2.67 bits per heavy atom. The molecular weight excluding hydrogens is 300 g/mol. The average Bonchev–Trinajstić information content (AvgIpc) is 2.62. The maximum Gasteiger partial charge on any atom is 0.272 e. The lowest BCUT2D eigenvalue weighted by atomic mass is 10.1. The summed E-state index contributed by atoms with van der Waals surface area (Å²) in [4.78, 5) is 18.8. The number of rotatable bonds is 4. The summed E-state index contributed by atoms with van der Waals surface area (Å²) in [5, 5.41) is 0.951. The van der Waals surface area contributed by atoms with E-state index in [1.54, 1.807) is 25.1 Å². The summed E-state index contributed by atoms with van der Waals surface area (Å²) in [5.41, 5.74) is 3.55. The summed E-state index contributed by atoms with van der Waals surface area (Å²) in [6.07, 6.45) is 0. The number of hydrogen-bond acceptors (Lipinski definition) is 3. The van der Waals surface area contributed by atoms with Gasteiger partial charge in [-0.05, 0) is 42.3 Å². The van der Waals surface area contributed by atoms with Crippen molar-refractivity contribution in [3.63, 3.8) is 0 Å². The number of nitrogens with zero attached hydrogens (tertiary/aromatic N) is 2. The minimum Gasteiger partial charge on any atom is -0.497 e. The maximum absolute atomic E-state index is 12.7. The number of pyridine rings is 1. The fourth-order valence-electron chi connectivity index (χ4n) is 2.66. The maximum atomic E-state index is 12.7. The van der Waals surface area contributed by atoms with Gasteiger partial charge in [-0.3, -0.25) is 4.79 Å². The van der Waals surface area contributed by atoms with Gasteiger partial charge in [0.25, 0.3) is 5.91 Å². The van der Waals surface area contributed by atoms with Gasteiger partial charge >= 0.3 is 0 Å². The van der Waals surface area contributed by atoms with Crippen molar-refractivity contribution < 1.29 is 9.53 Å². The fraction of sp³-hybridized carbons (Fsp3) is 0.200. The molecule has 0 aliphatic heterocycles. The van der Waals surface area contributed by atoms with Crippen molar-refractivity contribution in [1.82, 2.24) is 9.88 Å². The Balaban J connectivity index is 1.83. The third-order valence-electron chi connectivity index (χ3n) is 4.13. The molecule has 0 saturated heterocycles. The molecule has 3 aromatic rings. The van der Waals surface area contributed by atoms with Crippen molar-refractivity contribution in [1.29, 1.82) is 0 Å². The predicted molar refractivity (Wildman–Crippen MR) is 95.3 cm³/mol. The highest BCUT2D eigenvalue weighted by Crippen LogP contribution is 2.20. The molecule has 1 heterocycles. The van der Waals surface area contributed by atoms with Gasteiger partial charge in [-0.25, -0.2) is 4.98 Å². The SMILES string of the molecule is COc1ccc2nc(C(=O)N(C)Cc3ccccc3C)ccc2c1. The number of benzene rings is 2. The number of amides is 1. The largest absolute Gasteiger partial charge is 0.497 e. The molecule has 122 valence electrons. The van der Waals surface area contributed by atoms with Crippen LogP contribution < -0.4 is 4.74 Å². The Hall–Kier alpha value is -2.88. The highest BCUT2D eigenvalue weighted by Gasteiger charge is 2.15. The normalized spacial score (nSPS) is 10.6. The Bertz CT molecular complexity index is 890. The molecular formula is C20H20N2O2. The van der Waals surface area contributed by atoms with Gasteiger partial charge < -0.3 is 9.64 Å². The van der Waals surface area contributed by atoms with E-state index >= 15 is 0 Å². The van der Waals surface area contributed by atoms with E-state index in [9.17, 15) is 4.79 Å². The Morgan fingerprint density at radius 2 is 1.92 bits per heavy atom. The first kappa shape index (κ1) is 16.0. The van der Waals surface area contributed by atoms with Crippen LogP contribution in [0.5, 0.6) is 5.75 Å². The van der Waals surface area contributed by atoms with Gasteiger partial charge in [-0.15, -0.1) is 0 Å². The number of methoxy groups -OCH3 is 1. The topological polar surface area (TPSA) is 42.4 Å². The standard InChI is InChI=1S/C20H20N2O2/c1-14-6-4-5-7-16(14)13-22(2)20(23)19-10-8-15-12-17(24-3)9-11-18(15)21-19/h4-12H,13H2,1-3H3. The summed E-state index contributed by atoms with van der Waals surface area (Å²) in [7, 11) is 3.43. The van der Waals surface area contributed by atoms with Crippen molar-refractivity contribution in [2.24, 2.45) is 0 Å². The average molecular weight is 320 g/mol. The minimum absolute atomic E-state index is 0.0871. The molecule has 0 N–H and O–H groups in total. The highest BCUT2D eigenvalue weighted by molar-refractivity contribution is 5.94. The summed E-state index contributed by atoms with van der Waals surface area (Å²) in [6, 6.07) is 17.4. The summed E-state index contributed by atoms with van der Waals surface area (Å²) in [5.74, 6) is 0.691. The molecule has 1 aromatic heterocycles. The van der Waals surface area contributed by atoms with Crippen LogP contribution in [0.1, 0.15) is 21.6 Å². The highest BCUT2D eigenvalue weighted by atomic mass is 16.5. The number of carbonyl (C=O) groups is 1. The van der Waals surface area contributed by atoms with E-state index in [-0.39, 0.29) is 5.91 Å². The first-order valence-corrected chi connectivity index (χ1v) is 7.83. The molecule has 4 nitrogen and oxygen atoms in total. The van der Waals surface area contributed by atoms with E-state index in [2.05, 4.69) is 18.0 Å². The number of fused-ring (bicyclic) bond motifs is 1. The second-order valence-corrected chi connectivity index (χ2v) is 5.84. The van der Waals surface area contributed by atoms with E-state index in [1.807, 2.05) is 42.5 Å². The molecule has 0 aliphatic rings. The van der Waals surface area contributed by atoms with Crippen molar-refractivity contribution in [2.45, 2.75) is 13.5 Å². The lowest BCUT2D eigenvalue weighted by Gasteiger charge is -2.18.